The Balaban J connectivity index is 1.65. The second kappa shape index (κ2) is 7.81. The standard InChI is InChI=1S/C25H29N3O5/c1-15-7-4-8-16(2)20(15)27-12-6-10-25-19(23(31)28(13-14-29)21(25)24(27)32)18-17(33-25)9-5-11-26(3)22(18)30/h4-10,17-19,21,29H,11-14H2,1-3H3/t17-,18+,19+,21?,25+/m1/s1. The van der Waals surface area contributed by atoms with Crippen LogP contribution in [-0.2, 0) is 19.1 Å². The van der Waals surface area contributed by atoms with Gasteiger partial charge in [0.25, 0.3) is 5.91 Å². The van der Waals surface area contributed by atoms with Gasteiger partial charge >= 0.3 is 0 Å². The van der Waals surface area contributed by atoms with Gasteiger partial charge in [-0.2, -0.15) is 0 Å². The molecule has 2 fully saturated rings. The fourth-order valence-electron chi connectivity index (χ4n) is 6.04. The van der Waals surface area contributed by atoms with Crippen LogP contribution < -0.4 is 4.90 Å². The van der Waals surface area contributed by atoms with Gasteiger partial charge in [0, 0.05) is 32.4 Å². The molecule has 2 saturated heterocycles. The molecule has 0 saturated carbocycles. The van der Waals surface area contributed by atoms with Gasteiger partial charge < -0.3 is 24.5 Å². The predicted octanol–water partition coefficient (Wildman–Crippen LogP) is 0.808. The molecule has 8 heteroatoms. The number of fused-ring (bicyclic) bond motifs is 2. The van der Waals surface area contributed by atoms with Crippen molar-refractivity contribution in [3.63, 3.8) is 0 Å². The molecule has 4 aliphatic heterocycles. The molecule has 3 amide bonds. The third kappa shape index (κ3) is 3.00. The maximum atomic E-state index is 14.1. The molecule has 4 heterocycles. The predicted molar refractivity (Wildman–Crippen MR) is 121 cm³/mol. The highest BCUT2D eigenvalue weighted by Gasteiger charge is 2.71. The van der Waals surface area contributed by atoms with E-state index in [1.54, 1.807) is 16.8 Å². The summed E-state index contributed by atoms with van der Waals surface area (Å²) in [5.74, 6) is -2.28. The minimum absolute atomic E-state index is 0.00252. The van der Waals surface area contributed by atoms with Gasteiger partial charge in [0.1, 0.15) is 11.6 Å². The molecule has 0 aromatic heterocycles. The number of carbonyl (C=O) groups excluding carboxylic acids is 3. The number of amides is 3. The summed E-state index contributed by atoms with van der Waals surface area (Å²) in [4.78, 5) is 45.8. The molecule has 33 heavy (non-hydrogen) atoms. The fourth-order valence-corrected chi connectivity index (χ4v) is 6.04. The lowest BCUT2D eigenvalue weighted by molar-refractivity contribution is -0.144. The van der Waals surface area contributed by atoms with Crippen molar-refractivity contribution in [1.82, 2.24) is 9.80 Å². The van der Waals surface area contributed by atoms with Gasteiger partial charge in [0.05, 0.1) is 24.5 Å². The molecule has 1 aromatic carbocycles. The van der Waals surface area contributed by atoms with Crippen LogP contribution in [0.3, 0.4) is 0 Å². The van der Waals surface area contributed by atoms with Crippen molar-refractivity contribution in [3.05, 3.63) is 53.6 Å². The lowest BCUT2D eigenvalue weighted by atomic mass is 9.77. The van der Waals surface area contributed by atoms with Gasteiger partial charge in [0.2, 0.25) is 11.8 Å². The second-order valence-corrected chi connectivity index (χ2v) is 9.34. The Kier molecular flexibility index (Phi) is 5.17. The van der Waals surface area contributed by atoms with Crippen molar-refractivity contribution in [2.45, 2.75) is 31.6 Å². The summed E-state index contributed by atoms with van der Waals surface area (Å²) >= 11 is 0. The average molecular weight is 452 g/mol. The molecular formula is C25H29N3O5. The van der Waals surface area contributed by atoms with Crippen LogP contribution in [0.2, 0.25) is 0 Å². The van der Waals surface area contributed by atoms with E-state index in [0.29, 0.717) is 13.1 Å². The summed E-state index contributed by atoms with van der Waals surface area (Å²) in [5, 5.41) is 9.73. The molecule has 1 N–H and O–H groups in total. The molecule has 1 aromatic rings. The largest absolute Gasteiger partial charge is 0.395 e. The van der Waals surface area contributed by atoms with Gasteiger partial charge in [-0.05, 0) is 25.0 Å². The number of aliphatic hydroxyl groups is 1. The number of β-amino-alcohol motifs (C(OH)–C–C–N with tert-alkyl or cyclic N) is 1. The number of rotatable bonds is 3. The number of ether oxygens (including phenoxy) is 1. The SMILES string of the molecule is Cc1cccc(C)c1N1CC=C[C@]23O[C@@H]4C=CCN(C)C(=O)[C@@H]4[C@H]2C(=O)N(CCO)C3C1=O. The van der Waals surface area contributed by atoms with Crippen LogP contribution in [0, 0.1) is 25.7 Å². The number of carbonyl (C=O) groups is 3. The first-order chi connectivity index (χ1) is 15.8. The van der Waals surface area contributed by atoms with E-state index in [9.17, 15) is 19.5 Å². The number of likely N-dealkylation sites (tertiary alicyclic amines) is 1. The normalized spacial score (nSPS) is 33.2. The Bertz CT molecular complexity index is 1060. The number of anilines is 1. The number of nitrogens with zero attached hydrogens (tertiary/aromatic N) is 3. The molecular weight excluding hydrogens is 422 g/mol. The Hall–Kier alpha value is -2.97. The van der Waals surface area contributed by atoms with E-state index in [1.807, 2.05) is 56.4 Å². The summed E-state index contributed by atoms with van der Waals surface area (Å²) in [6, 6.07) is 4.90. The van der Waals surface area contributed by atoms with Gasteiger partial charge in [-0.15, -0.1) is 0 Å². The lowest BCUT2D eigenvalue weighted by Crippen LogP contribution is -2.56. The lowest BCUT2D eigenvalue weighted by Gasteiger charge is -2.35. The highest BCUT2D eigenvalue weighted by atomic mass is 16.5. The molecule has 174 valence electrons. The van der Waals surface area contributed by atoms with Gasteiger partial charge in [-0.25, -0.2) is 0 Å². The molecule has 5 rings (SSSR count). The van der Waals surface area contributed by atoms with E-state index >= 15 is 0 Å². The first kappa shape index (κ1) is 21.9. The van der Waals surface area contributed by atoms with Crippen LogP contribution in [0.15, 0.2) is 42.5 Å². The zero-order valence-electron chi connectivity index (χ0n) is 19.1. The minimum atomic E-state index is -1.26. The number of hydrogen-bond acceptors (Lipinski definition) is 5. The number of aryl methyl sites for hydroxylation is 2. The van der Waals surface area contributed by atoms with E-state index in [2.05, 4.69) is 0 Å². The van der Waals surface area contributed by atoms with Crippen LogP contribution in [0.1, 0.15) is 11.1 Å². The zero-order chi connectivity index (χ0) is 23.5. The van der Waals surface area contributed by atoms with E-state index in [0.717, 1.165) is 16.8 Å². The number of para-hydroxylation sites is 1. The average Bonchev–Trinajstić information content (AvgIpc) is 3.09. The quantitative estimate of drug-likeness (QED) is 0.687. The van der Waals surface area contributed by atoms with Gasteiger partial charge in [-0.1, -0.05) is 42.5 Å². The van der Waals surface area contributed by atoms with Crippen molar-refractivity contribution in [3.8, 4) is 0 Å². The maximum Gasteiger partial charge on any atom is 0.253 e. The first-order valence-electron chi connectivity index (χ1n) is 11.4. The Labute approximate surface area is 193 Å². The highest BCUT2D eigenvalue weighted by molar-refractivity contribution is 6.06. The molecule has 0 aliphatic carbocycles. The topological polar surface area (TPSA) is 90.4 Å². The van der Waals surface area contributed by atoms with Gasteiger partial charge in [-0.3, -0.25) is 14.4 Å². The molecule has 0 radical (unpaired) electrons. The molecule has 4 aliphatic rings. The van der Waals surface area contributed by atoms with Crippen LogP contribution in [0.4, 0.5) is 5.69 Å². The van der Waals surface area contributed by atoms with E-state index in [-0.39, 0.29) is 30.9 Å². The number of likely N-dealkylation sites (N-methyl/N-ethyl adjacent to an activating group) is 1. The van der Waals surface area contributed by atoms with Crippen molar-refractivity contribution >= 4 is 23.4 Å². The number of benzene rings is 1. The van der Waals surface area contributed by atoms with Crippen molar-refractivity contribution in [2.24, 2.45) is 11.8 Å². The first-order valence-corrected chi connectivity index (χ1v) is 11.4. The maximum absolute atomic E-state index is 14.1. The Morgan fingerprint density at radius 3 is 2.48 bits per heavy atom. The Morgan fingerprint density at radius 1 is 1.06 bits per heavy atom. The molecule has 0 bridgehead atoms. The Morgan fingerprint density at radius 2 is 1.79 bits per heavy atom. The fraction of sp³-hybridized carbons (Fsp3) is 0.480. The summed E-state index contributed by atoms with van der Waals surface area (Å²) in [7, 11) is 1.71. The summed E-state index contributed by atoms with van der Waals surface area (Å²) in [6.07, 6.45) is 6.82. The molecule has 1 unspecified atom stereocenters. The van der Waals surface area contributed by atoms with Crippen molar-refractivity contribution in [1.29, 1.82) is 0 Å². The smallest absolute Gasteiger partial charge is 0.253 e. The minimum Gasteiger partial charge on any atom is -0.395 e. The second-order valence-electron chi connectivity index (χ2n) is 9.34. The van der Waals surface area contributed by atoms with Crippen LogP contribution >= 0.6 is 0 Å². The van der Waals surface area contributed by atoms with Crippen molar-refractivity contribution < 1.29 is 24.2 Å². The van der Waals surface area contributed by atoms with Crippen molar-refractivity contribution in [2.75, 3.05) is 38.2 Å². The summed E-state index contributed by atoms with van der Waals surface area (Å²) < 4.78 is 6.51. The van der Waals surface area contributed by atoms with Crippen LogP contribution in [-0.4, -0.2) is 83.7 Å². The molecule has 5 atom stereocenters. The van der Waals surface area contributed by atoms with E-state index in [4.69, 9.17) is 4.74 Å². The van der Waals surface area contributed by atoms with Gasteiger partial charge in [0.15, 0.2) is 0 Å². The number of aliphatic hydroxyl groups excluding tert-OH is 1. The zero-order valence-corrected chi connectivity index (χ0v) is 19.1. The monoisotopic (exact) mass is 451 g/mol. The highest BCUT2D eigenvalue weighted by Crippen LogP contribution is 2.53. The molecule has 8 nitrogen and oxygen atoms in total. The third-order valence-electron chi connectivity index (χ3n) is 7.41. The third-order valence-corrected chi connectivity index (χ3v) is 7.41. The summed E-state index contributed by atoms with van der Waals surface area (Å²) in [6.45, 7) is 4.41. The van der Waals surface area contributed by atoms with E-state index < -0.39 is 29.6 Å². The van der Waals surface area contributed by atoms with E-state index in [1.165, 1.54) is 4.90 Å². The number of hydrogen-bond donors (Lipinski definition) is 1. The van der Waals surface area contributed by atoms with Crippen LogP contribution in [0.25, 0.3) is 0 Å². The van der Waals surface area contributed by atoms with Crippen LogP contribution in [0.5, 0.6) is 0 Å². The summed E-state index contributed by atoms with van der Waals surface area (Å²) in [5.41, 5.74) is 1.47. The molecule has 1 spiro atoms.